The lowest BCUT2D eigenvalue weighted by molar-refractivity contribution is -0.147. The molecular weight excluding hydrogens is 374 g/mol. The molecule has 1 saturated heterocycles. The standard InChI is InChI=1S/C18H20ClN3O3S/c1-11-15(12-3-5-13(19)6-4-12)21-14(26-11)9-20-17(25)22-8-7-18(2,10-22)16(23)24/h3-6H,7-10H2,1-2H3,(H,20,25)(H,23,24). The molecular formula is C18H20ClN3O3S. The quantitative estimate of drug-likeness (QED) is 0.828. The topological polar surface area (TPSA) is 82.5 Å². The number of nitrogens with one attached hydrogen (secondary N) is 1. The molecule has 0 spiro atoms. The number of amides is 2. The second-order valence-electron chi connectivity index (χ2n) is 6.72. The lowest BCUT2D eigenvalue weighted by Gasteiger charge is -2.20. The smallest absolute Gasteiger partial charge is 0.317 e. The number of rotatable bonds is 4. The van der Waals surface area contributed by atoms with Crippen LogP contribution in [0.4, 0.5) is 4.79 Å². The van der Waals surface area contributed by atoms with E-state index < -0.39 is 11.4 Å². The highest BCUT2D eigenvalue weighted by molar-refractivity contribution is 7.12. The van der Waals surface area contributed by atoms with Crippen molar-refractivity contribution in [1.29, 1.82) is 0 Å². The molecule has 1 aromatic heterocycles. The number of likely N-dealkylation sites (tertiary alicyclic amines) is 1. The molecule has 1 aliphatic rings. The maximum atomic E-state index is 12.3. The summed E-state index contributed by atoms with van der Waals surface area (Å²) < 4.78 is 0. The summed E-state index contributed by atoms with van der Waals surface area (Å²) in [6.45, 7) is 4.65. The van der Waals surface area contributed by atoms with E-state index in [2.05, 4.69) is 10.3 Å². The van der Waals surface area contributed by atoms with Crippen LogP contribution < -0.4 is 5.32 Å². The highest BCUT2D eigenvalue weighted by Gasteiger charge is 2.42. The highest BCUT2D eigenvalue weighted by Crippen LogP contribution is 2.31. The second kappa shape index (κ2) is 7.25. The number of hydrogen-bond donors (Lipinski definition) is 2. The lowest BCUT2D eigenvalue weighted by Crippen LogP contribution is -2.40. The van der Waals surface area contributed by atoms with E-state index in [1.807, 2.05) is 31.2 Å². The van der Waals surface area contributed by atoms with Crippen molar-refractivity contribution >= 4 is 34.9 Å². The normalized spacial score (nSPS) is 19.6. The van der Waals surface area contributed by atoms with Gasteiger partial charge in [0, 0.05) is 28.6 Å². The summed E-state index contributed by atoms with van der Waals surface area (Å²) >= 11 is 7.45. The number of thiazole rings is 1. The van der Waals surface area contributed by atoms with E-state index in [0.29, 0.717) is 24.5 Å². The predicted octanol–water partition coefficient (Wildman–Crippen LogP) is 3.78. The Labute approximate surface area is 160 Å². The predicted molar refractivity (Wildman–Crippen MR) is 101 cm³/mol. The first kappa shape index (κ1) is 18.7. The zero-order valence-electron chi connectivity index (χ0n) is 14.6. The van der Waals surface area contributed by atoms with Crippen molar-refractivity contribution < 1.29 is 14.7 Å². The van der Waals surface area contributed by atoms with Gasteiger partial charge in [-0.25, -0.2) is 9.78 Å². The van der Waals surface area contributed by atoms with Crippen LogP contribution in [-0.2, 0) is 11.3 Å². The molecule has 1 aromatic carbocycles. The minimum absolute atomic E-state index is 0.223. The molecule has 0 aliphatic carbocycles. The number of benzene rings is 1. The van der Waals surface area contributed by atoms with Gasteiger partial charge in [-0.15, -0.1) is 11.3 Å². The minimum atomic E-state index is -0.865. The molecule has 2 aromatic rings. The molecule has 1 fully saturated rings. The summed E-state index contributed by atoms with van der Waals surface area (Å²) in [6.07, 6.45) is 0.465. The fraction of sp³-hybridized carbons (Fsp3) is 0.389. The molecule has 2 heterocycles. The van der Waals surface area contributed by atoms with Gasteiger partial charge < -0.3 is 15.3 Å². The summed E-state index contributed by atoms with van der Waals surface area (Å²) in [5, 5.41) is 13.6. The Morgan fingerprint density at radius 2 is 2.08 bits per heavy atom. The number of carboxylic acid groups (broad SMARTS) is 1. The molecule has 2 N–H and O–H groups in total. The largest absolute Gasteiger partial charge is 0.481 e. The zero-order chi connectivity index (χ0) is 18.9. The van der Waals surface area contributed by atoms with E-state index in [9.17, 15) is 14.7 Å². The van der Waals surface area contributed by atoms with Crippen LogP contribution in [-0.4, -0.2) is 40.1 Å². The van der Waals surface area contributed by atoms with Gasteiger partial charge in [0.15, 0.2) is 0 Å². The molecule has 3 rings (SSSR count). The zero-order valence-corrected chi connectivity index (χ0v) is 16.2. The number of nitrogens with zero attached hydrogens (tertiary/aromatic N) is 2. The number of aromatic nitrogens is 1. The number of aliphatic carboxylic acids is 1. The van der Waals surface area contributed by atoms with E-state index in [-0.39, 0.29) is 12.6 Å². The Kier molecular flexibility index (Phi) is 5.20. The third-order valence-corrected chi connectivity index (χ3v) is 5.85. The van der Waals surface area contributed by atoms with Crippen LogP contribution in [0.5, 0.6) is 0 Å². The molecule has 26 heavy (non-hydrogen) atoms. The van der Waals surface area contributed by atoms with Gasteiger partial charge in [-0.3, -0.25) is 4.79 Å². The second-order valence-corrected chi connectivity index (χ2v) is 8.44. The number of urea groups is 1. The van der Waals surface area contributed by atoms with Crippen molar-refractivity contribution in [1.82, 2.24) is 15.2 Å². The average Bonchev–Trinajstić information content (AvgIpc) is 3.18. The first-order chi connectivity index (χ1) is 12.3. The number of hydrogen-bond acceptors (Lipinski definition) is 4. The molecule has 0 bridgehead atoms. The first-order valence-corrected chi connectivity index (χ1v) is 9.46. The molecule has 0 saturated carbocycles. The van der Waals surface area contributed by atoms with E-state index >= 15 is 0 Å². The summed E-state index contributed by atoms with van der Waals surface area (Å²) in [4.78, 5) is 30.8. The molecule has 138 valence electrons. The summed E-state index contributed by atoms with van der Waals surface area (Å²) in [5.74, 6) is -0.865. The SMILES string of the molecule is Cc1sc(CNC(=O)N2CCC(C)(C(=O)O)C2)nc1-c1ccc(Cl)cc1. The Hall–Kier alpha value is -2.12. The lowest BCUT2D eigenvalue weighted by atomic mass is 9.90. The molecule has 8 heteroatoms. The van der Waals surface area contributed by atoms with Crippen LogP contribution >= 0.6 is 22.9 Å². The number of carbonyl (C=O) groups excluding carboxylic acids is 1. The van der Waals surface area contributed by atoms with Crippen LogP contribution in [0.2, 0.25) is 5.02 Å². The molecule has 0 radical (unpaired) electrons. The molecule has 1 atom stereocenters. The first-order valence-electron chi connectivity index (χ1n) is 8.27. The van der Waals surface area contributed by atoms with Crippen LogP contribution in [0.1, 0.15) is 23.2 Å². The van der Waals surface area contributed by atoms with Gasteiger partial charge >= 0.3 is 12.0 Å². The Morgan fingerprint density at radius 1 is 1.38 bits per heavy atom. The Balaban J connectivity index is 1.62. The van der Waals surface area contributed by atoms with E-state index in [1.54, 1.807) is 11.8 Å². The van der Waals surface area contributed by atoms with E-state index in [1.165, 1.54) is 11.3 Å². The van der Waals surface area contributed by atoms with Crippen molar-refractivity contribution in [3.63, 3.8) is 0 Å². The Bertz CT molecular complexity index is 837. The molecule has 1 aliphatic heterocycles. The summed E-state index contributed by atoms with van der Waals surface area (Å²) in [7, 11) is 0. The average molecular weight is 394 g/mol. The summed E-state index contributed by atoms with van der Waals surface area (Å²) in [6, 6.07) is 7.23. The third-order valence-electron chi connectivity index (χ3n) is 4.63. The maximum absolute atomic E-state index is 12.3. The highest BCUT2D eigenvalue weighted by atomic mass is 35.5. The van der Waals surface area contributed by atoms with Crippen molar-refractivity contribution in [3.05, 3.63) is 39.2 Å². The van der Waals surface area contributed by atoms with Crippen LogP contribution in [0, 0.1) is 12.3 Å². The van der Waals surface area contributed by atoms with E-state index in [0.717, 1.165) is 21.1 Å². The minimum Gasteiger partial charge on any atom is -0.481 e. The van der Waals surface area contributed by atoms with Gasteiger partial charge in [-0.2, -0.15) is 0 Å². The Morgan fingerprint density at radius 3 is 2.69 bits per heavy atom. The van der Waals surface area contributed by atoms with Crippen molar-refractivity contribution in [2.45, 2.75) is 26.8 Å². The monoisotopic (exact) mass is 393 g/mol. The van der Waals surface area contributed by atoms with Gasteiger partial charge in [-0.05, 0) is 32.4 Å². The van der Waals surface area contributed by atoms with Gasteiger partial charge in [0.05, 0.1) is 17.7 Å². The van der Waals surface area contributed by atoms with Crippen LogP contribution in [0.3, 0.4) is 0 Å². The number of carbonyl (C=O) groups is 2. The van der Waals surface area contributed by atoms with Crippen LogP contribution in [0.15, 0.2) is 24.3 Å². The van der Waals surface area contributed by atoms with Gasteiger partial charge in [-0.1, -0.05) is 23.7 Å². The van der Waals surface area contributed by atoms with Gasteiger partial charge in [0.1, 0.15) is 5.01 Å². The molecule has 2 amide bonds. The number of halogens is 1. The van der Waals surface area contributed by atoms with Gasteiger partial charge in [0.2, 0.25) is 0 Å². The number of carboxylic acids is 1. The fourth-order valence-corrected chi connectivity index (χ4v) is 4.00. The van der Waals surface area contributed by atoms with E-state index in [4.69, 9.17) is 11.6 Å². The van der Waals surface area contributed by atoms with Crippen molar-refractivity contribution in [2.24, 2.45) is 5.41 Å². The third kappa shape index (κ3) is 3.83. The van der Waals surface area contributed by atoms with Crippen LogP contribution in [0.25, 0.3) is 11.3 Å². The van der Waals surface area contributed by atoms with Crippen molar-refractivity contribution in [2.75, 3.05) is 13.1 Å². The molecule has 1 unspecified atom stereocenters. The summed E-state index contributed by atoms with van der Waals surface area (Å²) in [5.41, 5.74) is 1.00. The van der Waals surface area contributed by atoms with Gasteiger partial charge in [0.25, 0.3) is 0 Å². The maximum Gasteiger partial charge on any atom is 0.317 e. The number of aryl methyl sites for hydroxylation is 1. The fourth-order valence-electron chi connectivity index (χ4n) is 2.97. The van der Waals surface area contributed by atoms with Crippen molar-refractivity contribution in [3.8, 4) is 11.3 Å². The molecule has 6 nitrogen and oxygen atoms in total.